The predicted molar refractivity (Wildman–Crippen MR) is 129 cm³/mol. The van der Waals surface area contributed by atoms with Crippen molar-refractivity contribution in [3.05, 3.63) is 71.6 Å². The Balaban J connectivity index is 1.33. The molecular formula is C25H26F4N4O5S. The van der Waals surface area contributed by atoms with Crippen LogP contribution in [0.15, 0.2) is 48.8 Å². The molecule has 2 N–H and O–H groups in total. The quantitative estimate of drug-likeness (QED) is 0.337. The van der Waals surface area contributed by atoms with Gasteiger partial charge in [0.05, 0.1) is 12.3 Å². The summed E-state index contributed by atoms with van der Waals surface area (Å²) in [6.45, 7) is -1.08. The Bertz CT molecular complexity index is 1450. The van der Waals surface area contributed by atoms with Crippen LogP contribution in [0.25, 0.3) is 0 Å². The fraction of sp³-hybridized carbons (Fsp3) is 0.480. The number of ether oxygens (including phenoxy) is 1. The minimum atomic E-state index is -3.83. The van der Waals surface area contributed by atoms with Gasteiger partial charge in [0.15, 0.2) is 5.60 Å². The second kappa shape index (κ2) is 9.24. The van der Waals surface area contributed by atoms with E-state index in [0.717, 1.165) is 35.0 Å². The molecule has 1 heterocycles. The molecule has 2 unspecified atom stereocenters. The van der Waals surface area contributed by atoms with Crippen LogP contribution >= 0.6 is 0 Å². The van der Waals surface area contributed by atoms with Gasteiger partial charge in [0.25, 0.3) is 5.92 Å². The summed E-state index contributed by atoms with van der Waals surface area (Å²) < 4.78 is 89.7. The standard InChI is InChI=1S/C25H26F4N4O5S/c1-39(36,37)10-18(34)9-38-19-5-2-16(3-6-19)22-11-23(12-22,13-22)25(28,29)24(35,14-33-15-30-31-32-33)20-7-4-17(26)8-21(20)27/h2-8,15,18,34-35H,9-14H2,1H3. The monoisotopic (exact) mass is 570 g/mol. The molecule has 0 amide bonds. The number of aliphatic hydroxyl groups is 2. The Morgan fingerprint density at radius 2 is 1.79 bits per heavy atom. The average molecular weight is 571 g/mol. The summed E-state index contributed by atoms with van der Waals surface area (Å²) in [5.74, 6) is -6.16. The van der Waals surface area contributed by atoms with Crippen LogP contribution in [0.4, 0.5) is 17.6 Å². The zero-order valence-corrected chi connectivity index (χ0v) is 21.6. The van der Waals surface area contributed by atoms with Gasteiger partial charge in [-0.15, -0.1) is 5.10 Å². The lowest BCUT2D eigenvalue weighted by molar-refractivity contribution is -0.347. The summed E-state index contributed by atoms with van der Waals surface area (Å²) >= 11 is 0. The highest BCUT2D eigenvalue weighted by molar-refractivity contribution is 7.90. The molecule has 6 rings (SSSR count). The van der Waals surface area contributed by atoms with Crippen LogP contribution in [-0.4, -0.2) is 69.5 Å². The summed E-state index contributed by atoms with van der Waals surface area (Å²) in [6, 6.07) is 8.72. The van der Waals surface area contributed by atoms with E-state index in [4.69, 9.17) is 4.74 Å². The Labute approximate surface area is 221 Å². The van der Waals surface area contributed by atoms with Crippen LogP contribution < -0.4 is 4.74 Å². The van der Waals surface area contributed by atoms with Crippen molar-refractivity contribution in [2.45, 2.75) is 48.8 Å². The molecule has 3 saturated carbocycles. The third kappa shape index (κ3) is 4.67. The van der Waals surface area contributed by atoms with Crippen LogP contribution in [0, 0.1) is 17.0 Å². The zero-order chi connectivity index (χ0) is 28.3. The summed E-state index contributed by atoms with van der Waals surface area (Å²) in [5, 5.41) is 31.6. The van der Waals surface area contributed by atoms with E-state index < -0.39 is 67.8 Å². The predicted octanol–water partition coefficient (Wildman–Crippen LogP) is 2.38. The molecule has 1 aromatic heterocycles. The number of sulfone groups is 1. The minimum absolute atomic E-state index is 0.0288. The number of alkyl halides is 2. The van der Waals surface area contributed by atoms with E-state index in [1.165, 1.54) is 0 Å². The second-order valence-corrected chi connectivity index (χ2v) is 12.9. The first-order valence-electron chi connectivity index (χ1n) is 12.0. The van der Waals surface area contributed by atoms with Gasteiger partial charge in [-0.3, -0.25) is 0 Å². The highest BCUT2D eigenvalue weighted by atomic mass is 32.2. The van der Waals surface area contributed by atoms with E-state index >= 15 is 8.78 Å². The van der Waals surface area contributed by atoms with Gasteiger partial charge in [-0.2, -0.15) is 0 Å². The number of rotatable bonds is 11. The maximum absolute atomic E-state index is 16.3. The number of hydrogen-bond acceptors (Lipinski definition) is 8. The Morgan fingerprint density at radius 3 is 2.36 bits per heavy atom. The van der Waals surface area contributed by atoms with Crippen LogP contribution in [0.2, 0.25) is 0 Å². The molecule has 2 aromatic carbocycles. The van der Waals surface area contributed by atoms with E-state index in [0.29, 0.717) is 11.8 Å². The molecule has 0 spiro atoms. The molecule has 3 fully saturated rings. The SMILES string of the molecule is CS(=O)(=O)CC(O)COc1ccc(C23CC(C(F)(F)C(O)(Cn4cnnn4)c4ccc(F)cc4F)(C2)C3)cc1. The molecule has 210 valence electrons. The Hall–Kier alpha value is -3.10. The van der Waals surface area contributed by atoms with E-state index in [9.17, 15) is 27.4 Å². The lowest BCUT2D eigenvalue weighted by atomic mass is 9.30. The largest absolute Gasteiger partial charge is 0.491 e. The van der Waals surface area contributed by atoms with Crippen molar-refractivity contribution >= 4 is 9.84 Å². The number of nitrogens with zero attached hydrogens (tertiary/aromatic N) is 4. The topological polar surface area (TPSA) is 127 Å². The first kappa shape index (κ1) is 27.5. The number of halogens is 4. The minimum Gasteiger partial charge on any atom is -0.491 e. The summed E-state index contributed by atoms with van der Waals surface area (Å²) in [5.41, 5.74) is -5.21. The van der Waals surface area contributed by atoms with E-state index in [1.807, 2.05) is 0 Å². The third-order valence-corrected chi connectivity index (χ3v) is 8.77. The molecule has 0 aliphatic heterocycles. The summed E-state index contributed by atoms with van der Waals surface area (Å²) in [6.07, 6.45) is 0.921. The molecule has 9 nitrogen and oxygen atoms in total. The van der Waals surface area contributed by atoms with Crippen molar-refractivity contribution in [3.8, 4) is 5.75 Å². The van der Waals surface area contributed by atoms with Gasteiger partial charge in [-0.25, -0.2) is 30.7 Å². The van der Waals surface area contributed by atoms with Crippen molar-refractivity contribution in [1.29, 1.82) is 0 Å². The number of aliphatic hydroxyl groups excluding tert-OH is 1. The maximum atomic E-state index is 16.3. The van der Waals surface area contributed by atoms with Crippen molar-refractivity contribution in [2.75, 3.05) is 18.6 Å². The Morgan fingerprint density at radius 1 is 1.13 bits per heavy atom. The second-order valence-electron chi connectivity index (χ2n) is 10.7. The zero-order valence-electron chi connectivity index (χ0n) is 20.8. The molecule has 3 aromatic rings. The first-order chi connectivity index (χ1) is 18.2. The Kier molecular flexibility index (Phi) is 6.50. The fourth-order valence-corrected chi connectivity index (χ4v) is 6.82. The van der Waals surface area contributed by atoms with E-state index in [-0.39, 0.29) is 25.9 Å². The summed E-state index contributed by atoms with van der Waals surface area (Å²) in [7, 11) is -3.37. The molecule has 0 radical (unpaired) electrons. The maximum Gasteiger partial charge on any atom is 0.287 e. The fourth-order valence-electron chi connectivity index (χ4n) is 6.03. The van der Waals surface area contributed by atoms with E-state index in [2.05, 4.69) is 15.5 Å². The molecule has 14 heteroatoms. The molecule has 3 aliphatic carbocycles. The molecule has 2 bridgehead atoms. The number of benzene rings is 2. The van der Waals surface area contributed by atoms with Crippen molar-refractivity contribution in [2.24, 2.45) is 5.41 Å². The van der Waals surface area contributed by atoms with Gasteiger partial charge in [-0.05, 0) is 64.9 Å². The third-order valence-electron chi connectivity index (χ3n) is 7.78. The van der Waals surface area contributed by atoms with Crippen molar-refractivity contribution in [1.82, 2.24) is 20.2 Å². The molecule has 3 aliphatic rings. The normalized spacial score (nSPS) is 24.8. The molecular weight excluding hydrogens is 544 g/mol. The van der Waals surface area contributed by atoms with Crippen LogP contribution in [0.3, 0.4) is 0 Å². The average Bonchev–Trinajstić information content (AvgIpc) is 3.28. The van der Waals surface area contributed by atoms with E-state index in [1.54, 1.807) is 24.3 Å². The van der Waals surface area contributed by atoms with Crippen LogP contribution in [0.1, 0.15) is 30.4 Å². The smallest absolute Gasteiger partial charge is 0.287 e. The van der Waals surface area contributed by atoms with Crippen molar-refractivity contribution < 1.29 is 40.9 Å². The number of aromatic nitrogens is 4. The lowest BCUT2D eigenvalue weighted by Crippen LogP contribution is -2.76. The van der Waals surface area contributed by atoms with Crippen molar-refractivity contribution in [3.63, 3.8) is 0 Å². The van der Waals surface area contributed by atoms with Crippen LogP contribution in [0.5, 0.6) is 5.75 Å². The first-order valence-corrected chi connectivity index (χ1v) is 14.1. The number of hydrogen-bond donors (Lipinski definition) is 2. The molecule has 2 atom stereocenters. The lowest BCUT2D eigenvalue weighted by Gasteiger charge is -2.74. The highest BCUT2D eigenvalue weighted by Gasteiger charge is 2.82. The molecule has 0 saturated heterocycles. The van der Waals surface area contributed by atoms with Gasteiger partial charge < -0.3 is 14.9 Å². The highest BCUT2D eigenvalue weighted by Crippen LogP contribution is 2.80. The number of tetrazole rings is 1. The van der Waals surface area contributed by atoms with Gasteiger partial charge >= 0.3 is 0 Å². The van der Waals surface area contributed by atoms with Gasteiger partial charge in [0.1, 0.15) is 46.3 Å². The van der Waals surface area contributed by atoms with Gasteiger partial charge in [0.2, 0.25) is 0 Å². The van der Waals surface area contributed by atoms with Gasteiger partial charge in [-0.1, -0.05) is 12.1 Å². The summed E-state index contributed by atoms with van der Waals surface area (Å²) in [4.78, 5) is 0. The van der Waals surface area contributed by atoms with Crippen LogP contribution in [-0.2, 0) is 27.4 Å². The molecule has 39 heavy (non-hydrogen) atoms. The van der Waals surface area contributed by atoms with Gasteiger partial charge in [0, 0.05) is 23.3 Å².